The van der Waals surface area contributed by atoms with Crippen LogP contribution in [0.5, 0.6) is 0 Å². The molecule has 1 saturated heterocycles. The van der Waals surface area contributed by atoms with Gasteiger partial charge in [-0.3, -0.25) is 19.7 Å². The summed E-state index contributed by atoms with van der Waals surface area (Å²) in [6, 6.07) is 19.3. The number of urea groups is 1. The first kappa shape index (κ1) is 71.9. The molecule has 3 fully saturated rings. The second kappa shape index (κ2) is 30.5. The molecule has 0 atom stereocenters. The zero-order valence-corrected chi connectivity index (χ0v) is 59.0. The molecule has 0 radical (unpaired) electrons. The van der Waals surface area contributed by atoms with Gasteiger partial charge in [-0.05, 0) is 131 Å². The van der Waals surface area contributed by atoms with Gasteiger partial charge in [0, 0.05) is 75.5 Å². The molecule has 7 heterocycles. The molecule has 3 aliphatic rings. The summed E-state index contributed by atoms with van der Waals surface area (Å²) in [5, 5.41) is 14.5. The Morgan fingerprint density at radius 1 is 0.551 bits per heavy atom. The molecule has 98 heavy (non-hydrogen) atoms. The van der Waals surface area contributed by atoms with Gasteiger partial charge in [0.2, 0.25) is 0 Å². The van der Waals surface area contributed by atoms with E-state index in [0.29, 0.717) is 98.8 Å². The minimum absolute atomic E-state index is 0. The molecule has 0 unspecified atom stereocenters. The second-order valence-electron chi connectivity index (χ2n) is 26.1. The maximum Gasteiger partial charge on any atom is 0.324 e. The Labute approximate surface area is 572 Å². The van der Waals surface area contributed by atoms with Crippen LogP contribution in [0.15, 0.2) is 125 Å². The molecule has 2 aliphatic carbocycles. The lowest BCUT2D eigenvalue weighted by atomic mass is 9.85. The Bertz CT molecular complexity index is 4700. The third kappa shape index (κ3) is 16.2. The Morgan fingerprint density at radius 2 is 0.949 bits per heavy atom. The van der Waals surface area contributed by atoms with Gasteiger partial charge in [0.15, 0.2) is 46.5 Å². The minimum atomic E-state index is -3.38. The largest absolute Gasteiger partial charge is 0.388 e. The van der Waals surface area contributed by atoms with Crippen molar-refractivity contribution in [2.45, 2.75) is 161 Å². The van der Waals surface area contributed by atoms with Crippen LogP contribution in [0.25, 0.3) is 67.3 Å². The van der Waals surface area contributed by atoms with Gasteiger partial charge in [-0.2, -0.15) is 0 Å². The zero-order chi connectivity index (χ0) is 70.3. The molecule has 1 aliphatic heterocycles. The van der Waals surface area contributed by atoms with Crippen molar-refractivity contribution >= 4 is 86.8 Å². The number of aliphatic hydroxyl groups is 1. The summed E-state index contributed by atoms with van der Waals surface area (Å²) >= 11 is 0. The fourth-order valence-electron chi connectivity index (χ4n) is 12.2. The van der Waals surface area contributed by atoms with E-state index >= 15 is 0 Å². The lowest BCUT2D eigenvalue weighted by Gasteiger charge is -2.33. The number of carbonyl (C=O) groups is 4. The summed E-state index contributed by atoms with van der Waals surface area (Å²) in [6.45, 7) is 15.8. The summed E-state index contributed by atoms with van der Waals surface area (Å²) in [7, 11) is -8.00. The second-order valence-corrected chi connectivity index (χ2v) is 33.6. The van der Waals surface area contributed by atoms with Crippen LogP contribution in [-0.2, 0) is 29.5 Å². The number of amides is 5. The number of imide groups is 1. The molecule has 6 N–H and O–H groups in total. The standard InChI is InChI=1S/C25H31N5O4S.C23H28N4O4S.C22H27N5O3S.H2/c1-4-30(18-8-6-5-7-9-18)25(32)29-24(31)20-14-26-23-22(20)28-21(15-27-23)17-10-12-19(13-11-17)35(33,34)16(2)3;1-15(2)32(30,31)17-8-6-16(7-9-17)19-13-25-21-20(27-19)18(12-24-21)22(28)26-14-23(29)10-4-3-5-11-23;1-15(2)31(29,30)17-7-5-16(6-8-17)19-14-24-21-20(25-19)18(13-23-21)22(28)27-10-4-9-26(3)11-12-27;/h10-16,18H,4-9H2,1-3H3,(H,26,27)(H,29,31,32);6-9,12-13,15,29H,3-5,10-11,14H2,1-2H3,(H,24,25)(H,26,28);5-8,13-15H,4,9-12H2,1-3H3,(H,23,24);1H. The molecule has 522 valence electrons. The lowest BCUT2D eigenvalue weighted by molar-refractivity contribution is 0.00526. The predicted octanol–water partition coefficient (Wildman–Crippen LogP) is 10.4. The number of hydrogen-bond donors (Lipinski definition) is 6. The summed E-state index contributed by atoms with van der Waals surface area (Å²) < 4.78 is 74.2. The average Bonchev–Trinajstić information content (AvgIpc) is 1.59. The maximum absolute atomic E-state index is 13.2. The van der Waals surface area contributed by atoms with Gasteiger partial charge in [0.25, 0.3) is 17.7 Å². The first-order valence-electron chi connectivity index (χ1n) is 33.3. The van der Waals surface area contributed by atoms with Gasteiger partial charge in [-0.25, -0.2) is 60.0 Å². The van der Waals surface area contributed by atoms with Gasteiger partial charge in [-0.1, -0.05) is 74.9 Å². The van der Waals surface area contributed by atoms with Crippen molar-refractivity contribution in [1.29, 1.82) is 0 Å². The molecule has 0 spiro atoms. The fraction of sp³-hybridized carbons (Fsp3) is 0.429. The third-order valence-electron chi connectivity index (χ3n) is 18.4. The van der Waals surface area contributed by atoms with E-state index < -0.39 is 62.8 Å². The minimum Gasteiger partial charge on any atom is -0.388 e. The van der Waals surface area contributed by atoms with Crippen LogP contribution in [0, 0.1) is 0 Å². The number of carbonyl (C=O) groups excluding carboxylic acids is 4. The van der Waals surface area contributed by atoms with Crippen LogP contribution < -0.4 is 10.6 Å². The van der Waals surface area contributed by atoms with Gasteiger partial charge < -0.3 is 40.1 Å². The zero-order valence-electron chi connectivity index (χ0n) is 56.5. The molecule has 25 nitrogen and oxygen atoms in total. The number of likely N-dealkylation sites (N-methyl/N-ethyl adjacent to an activating group) is 1. The number of aromatic nitrogens is 9. The number of sulfone groups is 3. The smallest absolute Gasteiger partial charge is 0.324 e. The number of fused-ring (bicyclic) bond motifs is 3. The highest BCUT2D eigenvalue weighted by atomic mass is 32.2. The number of nitrogens with zero attached hydrogens (tertiary/aromatic N) is 9. The van der Waals surface area contributed by atoms with E-state index in [9.17, 15) is 49.5 Å². The van der Waals surface area contributed by atoms with Crippen LogP contribution >= 0.6 is 0 Å². The Balaban J connectivity index is 0.000000173. The topological polar surface area (TPSA) is 349 Å². The van der Waals surface area contributed by atoms with Gasteiger partial charge >= 0.3 is 6.03 Å². The van der Waals surface area contributed by atoms with Crippen molar-refractivity contribution in [3.05, 3.63) is 127 Å². The quantitative estimate of drug-likeness (QED) is 0.0523. The van der Waals surface area contributed by atoms with Crippen LogP contribution in [-0.4, -0.2) is 187 Å². The molecular formula is C70H88N14O11S3. The monoisotopic (exact) mass is 1400 g/mol. The van der Waals surface area contributed by atoms with E-state index in [1.807, 2.05) is 11.8 Å². The molecule has 6 aromatic heterocycles. The SMILES string of the molecule is CC(C)S(=O)(=O)c1ccc(-c2cnc3[nH]cc(C(=O)N4CCCN(C)CC4)c3n2)cc1.CC(C)S(=O)(=O)c1ccc(-c2cnc3[nH]cc(C(=O)NCC4(O)CCCCC4)c3n2)cc1.CCN(C(=O)NC(=O)c1c[nH]c2ncc(-c3ccc(S(=O)(=O)C(C)C)cc3)nc12)C1CCCCC1.[HH]. The molecular weight excluding hydrogens is 1310 g/mol. The van der Waals surface area contributed by atoms with Gasteiger partial charge in [0.1, 0.15) is 16.6 Å². The summed E-state index contributed by atoms with van der Waals surface area (Å²) in [5.41, 5.74) is 6.70. The van der Waals surface area contributed by atoms with Crippen molar-refractivity contribution < 1.29 is 51.0 Å². The van der Waals surface area contributed by atoms with Crippen molar-refractivity contribution in [1.82, 2.24) is 70.2 Å². The van der Waals surface area contributed by atoms with E-state index in [2.05, 4.69) is 67.4 Å². The van der Waals surface area contributed by atoms with Crippen LogP contribution in [0.2, 0.25) is 0 Å². The number of aromatic amines is 3. The van der Waals surface area contributed by atoms with E-state index in [1.165, 1.54) is 12.6 Å². The van der Waals surface area contributed by atoms with E-state index in [0.717, 1.165) is 76.6 Å². The molecule has 0 bridgehead atoms. The highest BCUT2D eigenvalue weighted by Gasteiger charge is 2.32. The Morgan fingerprint density at radius 3 is 1.37 bits per heavy atom. The average molecular weight is 1400 g/mol. The lowest BCUT2D eigenvalue weighted by Crippen LogP contribution is -2.48. The van der Waals surface area contributed by atoms with Crippen molar-refractivity contribution in [3.63, 3.8) is 0 Å². The van der Waals surface area contributed by atoms with E-state index in [4.69, 9.17) is 0 Å². The van der Waals surface area contributed by atoms with Crippen LogP contribution in [0.3, 0.4) is 0 Å². The molecule has 2 saturated carbocycles. The highest BCUT2D eigenvalue weighted by molar-refractivity contribution is 7.92. The number of benzene rings is 3. The van der Waals surface area contributed by atoms with E-state index in [-0.39, 0.29) is 46.1 Å². The number of H-pyrrole nitrogens is 3. The number of nitrogens with one attached hydrogen (secondary N) is 5. The predicted molar refractivity (Wildman–Crippen MR) is 378 cm³/mol. The van der Waals surface area contributed by atoms with Gasteiger partial charge in [0.05, 0.1) is 88.4 Å². The van der Waals surface area contributed by atoms with Crippen LogP contribution in [0.1, 0.15) is 152 Å². The number of hydrogen-bond acceptors (Lipinski definition) is 18. The first-order chi connectivity index (χ1) is 46.7. The maximum atomic E-state index is 13.2. The van der Waals surface area contributed by atoms with Crippen molar-refractivity contribution in [2.24, 2.45) is 0 Å². The summed E-state index contributed by atoms with van der Waals surface area (Å²) in [4.78, 5) is 94.3. The molecule has 12 rings (SSSR count). The van der Waals surface area contributed by atoms with Gasteiger partial charge in [-0.15, -0.1) is 0 Å². The van der Waals surface area contributed by atoms with Crippen LogP contribution in [0.4, 0.5) is 4.79 Å². The van der Waals surface area contributed by atoms with Crippen molar-refractivity contribution in [2.75, 3.05) is 46.3 Å². The summed E-state index contributed by atoms with van der Waals surface area (Å²) in [6.07, 6.45) is 20.1. The Hall–Kier alpha value is -8.83. The Kier molecular flexibility index (Phi) is 22.4. The van der Waals surface area contributed by atoms with Crippen molar-refractivity contribution in [3.8, 4) is 33.8 Å². The van der Waals surface area contributed by atoms with E-state index in [1.54, 1.807) is 150 Å². The third-order valence-corrected chi connectivity index (χ3v) is 24.9. The molecule has 5 amide bonds. The summed E-state index contributed by atoms with van der Waals surface area (Å²) in [5.74, 6) is -0.910. The molecule has 3 aromatic carbocycles. The number of rotatable bonds is 16. The first-order valence-corrected chi connectivity index (χ1v) is 38.0. The highest BCUT2D eigenvalue weighted by Crippen LogP contribution is 2.31. The normalized spacial score (nSPS) is 15.7. The fourth-order valence-corrected chi connectivity index (χ4v) is 15.4. The molecule has 28 heteroatoms. The molecule has 9 aromatic rings.